The van der Waals surface area contributed by atoms with Gasteiger partial charge in [-0.15, -0.1) is 0 Å². The molecule has 5 rings (SSSR count). The molecule has 2 aliphatic rings. The number of fused-ring (bicyclic) bond motifs is 3. The van der Waals surface area contributed by atoms with Crippen LogP contribution in [0.2, 0.25) is 0 Å². The summed E-state index contributed by atoms with van der Waals surface area (Å²) < 4.78 is 0. The third-order valence-corrected chi connectivity index (χ3v) is 5.81. The zero-order valence-corrected chi connectivity index (χ0v) is 15.5. The van der Waals surface area contributed by atoms with Crippen LogP contribution in [0.25, 0.3) is 0 Å². The van der Waals surface area contributed by atoms with E-state index in [0.29, 0.717) is 17.9 Å². The largest absolute Gasteiger partial charge is 0.507 e. The van der Waals surface area contributed by atoms with Crippen molar-refractivity contribution in [3.63, 3.8) is 0 Å². The molecule has 3 heteroatoms. The predicted molar refractivity (Wildman–Crippen MR) is 115 cm³/mol. The number of allylic oxidation sites excluding steroid dienone is 2. The first-order chi connectivity index (χ1) is 13.8. The summed E-state index contributed by atoms with van der Waals surface area (Å²) in [7, 11) is 0. The summed E-state index contributed by atoms with van der Waals surface area (Å²) in [6.07, 6.45) is 7.49. The fourth-order valence-electron chi connectivity index (χ4n) is 4.38. The van der Waals surface area contributed by atoms with E-state index >= 15 is 0 Å². The monoisotopic (exact) mass is 366 g/mol. The van der Waals surface area contributed by atoms with Crippen LogP contribution in [0.5, 0.6) is 5.75 Å². The molecule has 138 valence electrons. The van der Waals surface area contributed by atoms with Crippen LogP contribution in [-0.2, 0) is 0 Å². The Morgan fingerprint density at radius 1 is 0.929 bits per heavy atom. The van der Waals surface area contributed by atoms with E-state index in [0.717, 1.165) is 17.7 Å². The third kappa shape index (κ3) is 2.99. The van der Waals surface area contributed by atoms with E-state index in [2.05, 4.69) is 58.9 Å². The Kier molecular flexibility index (Phi) is 4.21. The van der Waals surface area contributed by atoms with E-state index in [4.69, 9.17) is 0 Å². The fraction of sp³-hybridized carbons (Fsp3) is 0.160. The minimum atomic E-state index is 0.243. The molecule has 0 amide bonds. The maximum atomic E-state index is 9.86. The van der Waals surface area contributed by atoms with E-state index in [1.807, 2.05) is 30.3 Å². The number of phenolic OH excluding ortho intramolecular Hbond substituents is 1. The molecule has 0 spiro atoms. The van der Waals surface area contributed by atoms with Crippen molar-refractivity contribution in [2.75, 3.05) is 5.32 Å². The Balaban J connectivity index is 1.40. The number of aromatic hydroxyl groups is 1. The molecule has 3 nitrogen and oxygen atoms in total. The normalized spacial score (nSPS) is 22.6. The summed E-state index contributed by atoms with van der Waals surface area (Å²) in [4.78, 5) is 4.51. The molecule has 2 N–H and O–H groups in total. The number of anilines is 1. The number of aliphatic imine (C=N–C) groups is 1. The molecule has 1 aliphatic heterocycles. The van der Waals surface area contributed by atoms with Gasteiger partial charge in [-0.25, -0.2) is 0 Å². The first-order valence-corrected chi connectivity index (χ1v) is 9.74. The highest BCUT2D eigenvalue weighted by atomic mass is 16.3. The summed E-state index contributed by atoms with van der Waals surface area (Å²) in [6.45, 7) is 0. The summed E-state index contributed by atoms with van der Waals surface area (Å²) >= 11 is 0. The maximum absolute atomic E-state index is 9.86. The Bertz CT molecular complexity index is 1050. The minimum absolute atomic E-state index is 0.243. The molecule has 0 bridgehead atoms. The van der Waals surface area contributed by atoms with E-state index in [1.165, 1.54) is 16.8 Å². The molecule has 28 heavy (non-hydrogen) atoms. The number of phenols is 1. The molecule has 1 heterocycles. The smallest absolute Gasteiger partial charge is 0.124 e. The molecular weight excluding hydrogens is 344 g/mol. The first kappa shape index (κ1) is 16.8. The van der Waals surface area contributed by atoms with Gasteiger partial charge in [0, 0.05) is 23.4 Å². The highest BCUT2D eigenvalue weighted by Gasteiger charge is 2.37. The van der Waals surface area contributed by atoms with Gasteiger partial charge in [0.25, 0.3) is 0 Å². The lowest BCUT2D eigenvalue weighted by Crippen LogP contribution is -2.28. The van der Waals surface area contributed by atoms with Crippen molar-refractivity contribution >= 4 is 17.6 Å². The van der Waals surface area contributed by atoms with Gasteiger partial charge in [0.2, 0.25) is 0 Å². The Hall–Kier alpha value is -3.33. The summed E-state index contributed by atoms with van der Waals surface area (Å²) in [6, 6.07) is 24.6. The highest BCUT2D eigenvalue weighted by molar-refractivity contribution is 5.85. The van der Waals surface area contributed by atoms with Crippen molar-refractivity contribution in [3.8, 4) is 5.75 Å². The Labute approximate surface area is 165 Å². The zero-order valence-electron chi connectivity index (χ0n) is 15.5. The Morgan fingerprint density at radius 3 is 2.57 bits per heavy atom. The number of hydrogen-bond donors (Lipinski definition) is 2. The number of para-hydroxylation sites is 2. The van der Waals surface area contributed by atoms with E-state index < -0.39 is 0 Å². The van der Waals surface area contributed by atoms with Gasteiger partial charge in [0.1, 0.15) is 5.75 Å². The van der Waals surface area contributed by atoms with Gasteiger partial charge < -0.3 is 10.4 Å². The van der Waals surface area contributed by atoms with Crippen molar-refractivity contribution in [1.29, 1.82) is 0 Å². The Morgan fingerprint density at radius 2 is 1.71 bits per heavy atom. The van der Waals surface area contributed by atoms with Crippen LogP contribution >= 0.6 is 0 Å². The fourth-order valence-corrected chi connectivity index (χ4v) is 4.38. The average Bonchev–Trinajstić information content (AvgIpc) is 3.23. The maximum Gasteiger partial charge on any atom is 0.124 e. The van der Waals surface area contributed by atoms with Gasteiger partial charge in [-0.2, -0.15) is 0 Å². The lowest BCUT2D eigenvalue weighted by molar-refractivity contribution is 0.425. The quantitative estimate of drug-likeness (QED) is 0.443. The van der Waals surface area contributed by atoms with E-state index in [9.17, 15) is 5.11 Å². The van der Waals surface area contributed by atoms with Crippen LogP contribution in [0.4, 0.5) is 11.4 Å². The summed E-state index contributed by atoms with van der Waals surface area (Å²) in [5.74, 6) is 1.28. The van der Waals surface area contributed by atoms with Crippen LogP contribution in [0.1, 0.15) is 35.1 Å². The lowest BCUT2D eigenvalue weighted by Gasteiger charge is -2.37. The van der Waals surface area contributed by atoms with Crippen molar-refractivity contribution in [3.05, 3.63) is 102 Å². The molecule has 3 aromatic carbocycles. The van der Waals surface area contributed by atoms with Gasteiger partial charge in [-0.05, 0) is 53.8 Å². The number of rotatable bonds is 3. The van der Waals surface area contributed by atoms with Gasteiger partial charge in [-0.1, -0.05) is 54.6 Å². The second-order valence-corrected chi connectivity index (χ2v) is 7.47. The SMILES string of the molecule is Oc1ccccc1C=Nc1ccc([C@@H]2Nc3ccccc3[C@@H]3C=CC[C@H]32)cc1. The molecule has 3 aromatic rings. The van der Waals surface area contributed by atoms with E-state index in [-0.39, 0.29) is 5.75 Å². The third-order valence-electron chi connectivity index (χ3n) is 5.81. The molecule has 0 fully saturated rings. The van der Waals surface area contributed by atoms with E-state index in [1.54, 1.807) is 12.3 Å². The second-order valence-electron chi connectivity index (χ2n) is 7.47. The summed E-state index contributed by atoms with van der Waals surface area (Å²) in [5.41, 5.74) is 5.53. The molecule has 0 saturated heterocycles. The minimum Gasteiger partial charge on any atom is -0.507 e. The first-order valence-electron chi connectivity index (χ1n) is 9.74. The topological polar surface area (TPSA) is 44.6 Å². The van der Waals surface area contributed by atoms with Crippen LogP contribution in [0.15, 0.2) is 89.9 Å². The van der Waals surface area contributed by atoms with Gasteiger partial charge in [-0.3, -0.25) is 4.99 Å². The molecule has 0 radical (unpaired) electrons. The molecule has 0 saturated carbocycles. The van der Waals surface area contributed by atoms with Crippen LogP contribution < -0.4 is 5.32 Å². The van der Waals surface area contributed by atoms with Crippen molar-refractivity contribution in [1.82, 2.24) is 0 Å². The molecule has 0 unspecified atom stereocenters. The molecule has 1 aliphatic carbocycles. The van der Waals surface area contributed by atoms with Crippen LogP contribution in [-0.4, -0.2) is 11.3 Å². The lowest BCUT2D eigenvalue weighted by atomic mass is 9.77. The van der Waals surface area contributed by atoms with Crippen LogP contribution in [0.3, 0.4) is 0 Å². The molecule has 0 aromatic heterocycles. The van der Waals surface area contributed by atoms with Crippen molar-refractivity contribution < 1.29 is 5.11 Å². The van der Waals surface area contributed by atoms with Crippen molar-refractivity contribution in [2.45, 2.75) is 18.4 Å². The number of benzene rings is 3. The van der Waals surface area contributed by atoms with Crippen molar-refractivity contribution in [2.24, 2.45) is 10.9 Å². The number of nitrogens with one attached hydrogen (secondary N) is 1. The van der Waals surface area contributed by atoms with Gasteiger partial charge in [0.15, 0.2) is 0 Å². The molecular formula is C25H22N2O. The van der Waals surface area contributed by atoms with Crippen LogP contribution in [0, 0.1) is 5.92 Å². The number of hydrogen-bond acceptors (Lipinski definition) is 3. The average molecular weight is 366 g/mol. The van der Waals surface area contributed by atoms with Gasteiger partial charge >= 0.3 is 0 Å². The second kappa shape index (κ2) is 7.01. The predicted octanol–water partition coefficient (Wildman–Crippen LogP) is 5.97. The molecule has 3 atom stereocenters. The standard InChI is InChI=1S/C25H22N2O/c28-24-11-4-1-6-18(24)16-26-19-14-12-17(13-15-19)25-22-9-5-8-20(22)21-7-2-3-10-23(21)27-25/h1-8,10-16,20,22,25,27-28H,9H2/t20-,22+,25-/m0/s1. The highest BCUT2D eigenvalue weighted by Crippen LogP contribution is 2.49. The number of nitrogens with zero attached hydrogens (tertiary/aromatic N) is 1. The zero-order chi connectivity index (χ0) is 18.9. The van der Waals surface area contributed by atoms with Gasteiger partial charge in [0.05, 0.1) is 11.7 Å². The summed E-state index contributed by atoms with van der Waals surface area (Å²) in [5, 5.41) is 13.6.